The Morgan fingerprint density at radius 2 is 1.82 bits per heavy atom. The molecule has 2 saturated carbocycles. The number of hydrogen-bond acceptors (Lipinski definition) is 14. The third-order valence-corrected chi connectivity index (χ3v) is 17.0. The highest BCUT2D eigenvalue weighted by molar-refractivity contribution is 7.10. The van der Waals surface area contributed by atoms with E-state index >= 15 is 4.79 Å². The zero-order valence-corrected chi connectivity index (χ0v) is 43.5. The molecule has 2 aliphatic carbocycles. The molecule has 1 aromatic carbocycles. The second-order valence-electron chi connectivity index (χ2n) is 21.4. The van der Waals surface area contributed by atoms with Crippen molar-refractivity contribution in [1.82, 2.24) is 45.2 Å². The number of aromatic nitrogens is 4. The first-order valence-electron chi connectivity index (χ1n) is 26.1. The minimum Gasteiger partial charge on any atom is -0.464 e. The van der Waals surface area contributed by atoms with Crippen LogP contribution in [-0.2, 0) is 41.5 Å². The summed E-state index contributed by atoms with van der Waals surface area (Å²) in [5.74, 6) is 6.02. The largest absolute Gasteiger partial charge is 0.464 e. The number of nitrogens with zero attached hydrogens (tertiary/aromatic N) is 8. The van der Waals surface area contributed by atoms with Gasteiger partial charge in [0.15, 0.2) is 6.04 Å². The van der Waals surface area contributed by atoms with Gasteiger partial charge in [-0.15, -0.1) is 16.8 Å². The van der Waals surface area contributed by atoms with Crippen LogP contribution in [0.4, 0.5) is 0 Å². The summed E-state index contributed by atoms with van der Waals surface area (Å²) in [5, 5.41) is 5.44. The topological polar surface area (TPSA) is 169 Å². The van der Waals surface area contributed by atoms with Gasteiger partial charge in [-0.2, -0.15) is 0 Å². The Bertz CT molecular complexity index is 2930. The second-order valence-corrected chi connectivity index (χ2v) is 22.3. The highest BCUT2D eigenvalue weighted by atomic mass is 32.1. The molecule has 0 radical (unpaired) electrons. The molecule has 1 unspecified atom stereocenters. The number of nitrogens with one attached hydrogen (secondary N) is 2. The van der Waals surface area contributed by atoms with E-state index in [0.29, 0.717) is 76.9 Å². The first-order valence-corrected chi connectivity index (χ1v) is 26.9. The van der Waals surface area contributed by atoms with Crippen molar-refractivity contribution in [3.05, 3.63) is 92.7 Å². The van der Waals surface area contributed by atoms with Gasteiger partial charge in [-0.05, 0) is 74.9 Å². The summed E-state index contributed by atoms with van der Waals surface area (Å²) in [5.41, 5.74) is 14.3. The van der Waals surface area contributed by atoms with E-state index in [1.807, 2.05) is 38.2 Å². The Morgan fingerprint density at radius 3 is 2.56 bits per heavy atom. The predicted octanol–water partition coefficient (Wildman–Crippen LogP) is 6.08. The molecule has 8 bridgehead atoms. The molecule has 17 nitrogen and oxygen atoms in total. The van der Waals surface area contributed by atoms with Crippen molar-refractivity contribution in [3.63, 3.8) is 0 Å². The Hall–Kier alpha value is -5.65. The van der Waals surface area contributed by atoms with Crippen LogP contribution >= 0.6 is 11.3 Å². The number of rotatable bonds is 10. The third kappa shape index (κ3) is 9.69. The minimum absolute atomic E-state index is 0.00346. The first kappa shape index (κ1) is 49.6. The number of carbonyl (C=O) groups excluding carboxylic acids is 2. The highest BCUT2D eigenvalue weighted by Crippen LogP contribution is 2.49. The van der Waals surface area contributed by atoms with E-state index in [1.54, 1.807) is 18.3 Å². The Morgan fingerprint density at radius 1 is 1.04 bits per heavy atom. The lowest BCUT2D eigenvalue weighted by molar-refractivity contribution is -0.628. The van der Waals surface area contributed by atoms with Gasteiger partial charge in [0.25, 0.3) is 5.91 Å². The molecular formula is C55H67N10O7S+. The number of carbonyl (C=O) groups is 2. The number of amides is 1. The van der Waals surface area contributed by atoms with Crippen molar-refractivity contribution in [2.75, 3.05) is 72.9 Å². The number of benzene rings is 1. The number of aryl methyl sites for hydroxylation is 1. The summed E-state index contributed by atoms with van der Waals surface area (Å²) in [4.78, 5) is 65.0. The lowest BCUT2D eigenvalue weighted by Crippen LogP contribution is -2.72. The summed E-state index contributed by atoms with van der Waals surface area (Å²) in [7, 11) is 1.71. The number of ether oxygens (including phenoxy) is 4. The smallest absolute Gasteiger partial charge is 0.325 e. The van der Waals surface area contributed by atoms with Crippen LogP contribution in [0.25, 0.3) is 33.4 Å². The van der Waals surface area contributed by atoms with E-state index < -0.39 is 35.6 Å². The van der Waals surface area contributed by atoms with Gasteiger partial charge >= 0.3 is 5.97 Å². The Kier molecular flexibility index (Phi) is 14.0. The van der Waals surface area contributed by atoms with Crippen LogP contribution < -0.4 is 10.9 Å². The van der Waals surface area contributed by atoms with Gasteiger partial charge in [0, 0.05) is 103 Å². The van der Waals surface area contributed by atoms with Gasteiger partial charge < -0.3 is 23.5 Å². The molecule has 384 valence electrons. The molecule has 7 aliphatic rings. The fourth-order valence-corrected chi connectivity index (χ4v) is 12.8. The number of cyclic esters (lactones) is 1. The molecule has 9 heterocycles. The summed E-state index contributed by atoms with van der Waals surface area (Å²) >= 11 is 1.49. The molecular weight excluding hydrogens is 945 g/mol. The van der Waals surface area contributed by atoms with Crippen LogP contribution in [0.2, 0.25) is 0 Å². The summed E-state index contributed by atoms with van der Waals surface area (Å²) < 4.78 is 26.1. The number of methoxy groups -OCH3 is 1. The maximum Gasteiger partial charge on any atom is 0.325 e. The van der Waals surface area contributed by atoms with Crippen LogP contribution in [-0.4, -0.2) is 148 Å². The molecule has 2 N–H and O–H groups in total. The fraction of sp³-hybridized carbons (Fsp3) is 0.545. The molecule has 5 aliphatic heterocycles. The second kappa shape index (κ2) is 20.6. The van der Waals surface area contributed by atoms with Crippen LogP contribution in [0, 0.1) is 34.0 Å². The maximum absolute atomic E-state index is 15.5. The standard InChI is InChI=1S/C55H67N10O7S/c1-7-63-44-14-13-36-28-39(44)41(50(63)40-25-35(30-57-46(40)34(3)69-6)11-10-16-61-17-21-70-22-18-61)29-55(4,5)32-72-54(67)47-37-26-38(27-37)64(59-47)53(66)48(51(52-58-43(36)31-73-52)62-19-23-71-24-20-62)60-65(68)49-33(2)45(49)42-12-8-9-15-56-42/h8-9,12-15,25,28,30-31,33-34,37-38,45,47-49,51,59H,7,16-24,26-27,29,32H2,1-6H3,(H,60,68)/q+1/t33-,34-,37?,38?,45-,47-,48-,49+,51?/m0/s1. The van der Waals surface area contributed by atoms with Crippen LogP contribution in [0.1, 0.15) is 93.0 Å². The summed E-state index contributed by atoms with van der Waals surface area (Å²) in [6, 6.07) is 11.4. The molecule has 0 spiro atoms. The zero-order valence-electron chi connectivity index (χ0n) is 42.7. The van der Waals surface area contributed by atoms with Gasteiger partial charge in [0.05, 0.1) is 85.3 Å². The van der Waals surface area contributed by atoms with Gasteiger partial charge in [-0.25, -0.2) is 10.4 Å². The monoisotopic (exact) mass is 1010 g/mol. The van der Waals surface area contributed by atoms with Crippen molar-refractivity contribution < 1.29 is 33.4 Å². The number of pyridine rings is 2. The molecule has 12 rings (SSSR count). The molecule has 73 heavy (non-hydrogen) atoms. The number of morpholine rings is 2. The Balaban J connectivity index is 1.04. The average Bonchev–Trinajstić information content (AvgIpc) is 3.68. The van der Waals surface area contributed by atoms with Crippen molar-refractivity contribution >= 4 is 34.1 Å². The molecule has 18 heteroatoms. The SMILES string of the molecule is CCn1c(-c2cc(C#CCN3CCOCC3)cnc2[C@H](C)OC)c2c3cc(ccc31)-c1csc(n1)C(N1CCOCC1)[C@H](N[N+](=O)[C@@H]1[C@@H](C)[C@H]1c1ccccn1)C(=O)N1N[C@H](C(=O)OCC(C)(C)C2)C2CC1C2. The number of esters is 1. The lowest BCUT2D eigenvalue weighted by atomic mass is 9.73. The number of hydrogen-bond donors (Lipinski definition) is 2. The van der Waals surface area contributed by atoms with Crippen molar-refractivity contribution in [1.29, 1.82) is 0 Å². The number of hydrazine groups is 2. The number of fused-ring (bicyclic) bond motifs is 4. The average molecular weight is 1010 g/mol. The van der Waals surface area contributed by atoms with E-state index in [2.05, 4.69) is 92.5 Å². The molecule has 4 aromatic heterocycles. The minimum atomic E-state index is -1.07. The maximum atomic E-state index is 15.5. The number of nitroso groups, excluding NO2 is 1. The molecule has 5 aromatic rings. The van der Waals surface area contributed by atoms with Crippen LogP contribution in [0.3, 0.4) is 0 Å². The fourth-order valence-electron chi connectivity index (χ4n) is 11.8. The van der Waals surface area contributed by atoms with E-state index in [0.717, 1.165) is 73.9 Å². The third-order valence-electron chi connectivity index (χ3n) is 16.0. The van der Waals surface area contributed by atoms with E-state index in [9.17, 15) is 9.70 Å². The van der Waals surface area contributed by atoms with Crippen molar-refractivity contribution in [2.45, 2.75) is 103 Å². The molecule has 4 saturated heterocycles. The highest BCUT2D eigenvalue weighted by Gasteiger charge is 2.63. The van der Waals surface area contributed by atoms with Gasteiger partial charge in [0.2, 0.25) is 6.04 Å². The van der Waals surface area contributed by atoms with Gasteiger partial charge in [0.1, 0.15) is 15.9 Å². The predicted molar refractivity (Wildman–Crippen MR) is 276 cm³/mol. The van der Waals surface area contributed by atoms with Crippen molar-refractivity contribution in [2.24, 2.45) is 17.3 Å². The van der Waals surface area contributed by atoms with Crippen LogP contribution in [0.15, 0.2) is 60.2 Å². The van der Waals surface area contributed by atoms with Crippen LogP contribution in [0.5, 0.6) is 0 Å². The first-order chi connectivity index (χ1) is 35.4. The summed E-state index contributed by atoms with van der Waals surface area (Å²) in [6.07, 6.45) is 5.13. The van der Waals surface area contributed by atoms with E-state index in [1.165, 1.54) is 11.3 Å². The summed E-state index contributed by atoms with van der Waals surface area (Å²) in [6.45, 7) is 17.1. The molecule has 6 fully saturated rings. The van der Waals surface area contributed by atoms with E-state index in [4.69, 9.17) is 28.9 Å². The van der Waals surface area contributed by atoms with Gasteiger partial charge in [-0.1, -0.05) is 44.7 Å². The molecule has 7 atom stereocenters. The number of thiazole rings is 1. The quantitative estimate of drug-likeness (QED) is 0.0715. The molecule has 1 amide bonds. The zero-order chi connectivity index (χ0) is 50.5. The van der Waals surface area contributed by atoms with E-state index in [-0.39, 0.29) is 42.4 Å². The normalized spacial score (nSPS) is 27.8. The lowest BCUT2D eigenvalue weighted by Gasteiger charge is -2.53. The Labute approximate surface area is 430 Å². The van der Waals surface area contributed by atoms with Crippen molar-refractivity contribution in [3.8, 4) is 34.4 Å². The van der Waals surface area contributed by atoms with Gasteiger partial charge in [-0.3, -0.25) is 34.4 Å².